The Morgan fingerprint density at radius 2 is 1.63 bits per heavy atom. The lowest BCUT2D eigenvalue weighted by Gasteiger charge is -2.10. The Labute approximate surface area is 118 Å². The third-order valence-electron chi connectivity index (χ3n) is 2.16. The van der Waals surface area contributed by atoms with E-state index in [2.05, 4.69) is 26.2 Å². The van der Waals surface area contributed by atoms with Gasteiger partial charge >= 0.3 is 0 Å². The lowest BCUT2D eigenvalue weighted by atomic mass is 10.2. The summed E-state index contributed by atoms with van der Waals surface area (Å²) in [5, 5.41) is 2.15. The fraction of sp³-hybridized carbons (Fsp3) is 0. The molecule has 0 aliphatic carbocycles. The fourth-order valence-electron chi connectivity index (χ4n) is 1.31. The van der Waals surface area contributed by atoms with Gasteiger partial charge in [0.25, 0.3) is 0 Å². The summed E-state index contributed by atoms with van der Waals surface area (Å²) in [6, 6.07) is 1.52. The average molecular weight is 356 g/mol. The molecule has 1 aromatic carbocycles. The first-order valence-corrected chi connectivity index (χ1v) is 5.98. The summed E-state index contributed by atoms with van der Waals surface area (Å²) < 4.78 is 53.4. The highest BCUT2D eigenvalue weighted by Crippen LogP contribution is 2.30. The summed E-state index contributed by atoms with van der Waals surface area (Å²) >= 11 is 8.87. The highest BCUT2D eigenvalue weighted by atomic mass is 79.9. The van der Waals surface area contributed by atoms with E-state index < -0.39 is 29.0 Å². The second kappa shape index (κ2) is 5.34. The summed E-state index contributed by atoms with van der Waals surface area (Å²) in [5.74, 6) is -6.28. The number of nitrogens with zero attached hydrogens (tertiary/aromatic N) is 1. The van der Waals surface area contributed by atoms with Crippen LogP contribution in [-0.4, -0.2) is 4.98 Å². The smallest absolute Gasteiger partial charge is 0.185 e. The molecule has 8 heteroatoms. The fourth-order valence-corrected chi connectivity index (χ4v) is 1.98. The Morgan fingerprint density at radius 3 is 2.16 bits per heavy atom. The molecule has 2 aromatic rings. The van der Waals surface area contributed by atoms with Gasteiger partial charge in [0.15, 0.2) is 23.3 Å². The normalized spacial score (nSPS) is 10.6. The summed E-state index contributed by atoms with van der Waals surface area (Å²) in [5.41, 5.74) is -0.991. The highest BCUT2D eigenvalue weighted by Gasteiger charge is 2.20. The Balaban J connectivity index is 2.49. The first-order chi connectivity index (χ1) is 8.90. The second-order valence-electron chi connectivity index (χ2n) is 3.45. The molecule has 1 heterocycles. The zero-order valence-electron chi connectivity index (χ0n) is 8.95. The van der Waals surface area contributed by atoms with Gasteiger partial charge in [0.1, 0.15) is 11.5 Å². The molecule has 1 N–H and O–H groups in total. The number of anilines is 2. The van der Waals surface area contributed by atoms with Gasteiger partial charge in [-0.25, -0.2) is 22.5 Å². The lowest BCUT2D eigenvalue weighted by molar-refractivity contribution is 0.459. The lowest BCUT2D eigenvalue weighted by Crippen LogP contribution is -2.04. The molecule has 0 saturated carbocycles. The molecular formula is C11H4BrClF4N2. The van der Waals surface area contributed by atoms with Gasteiger partial charge in [0.05, 0.1) is 5.02 Å². The molecule has 0 spiro atoms. The number of benzene rings is 1. The van der Waals surface area contributed by atoms with Crippen molar-refractivity contribution in [1.82, 2.24) is 4.98 Å². The van der Waals surface area contributed by atoms with Gasteiger partial charge in [-0.1, -0.05) is 11.6 Å². The van der Waals surface area contributed by atoms with Crippen LogP contribution in [0, 0.1) is 23.3 Å². The number of rotatable bonds is 2. The van der Waals surface area contributed by atoms with E-state index in [1.807, 2.05) is 0 Å². The molecule has 19 heavy (non-hydrogen) atoms. The molecule has 2 nitrogen and oxygen atoms in total. The maximum absolute atomic E-state index is 13.4. The quantitative estimate of drug-likeness (QED) is 0.618. The molecule has 0 saturated heterocycles. The van der Waals surface area contributed by atoms with Crippen LogP contribution >= 0.6 is 27.5 Å². The van der Waals surface area contributed by atoms with Crippen molar-refractivity contribution >= 4 is 39.0 Å². The Morgan fingerprint density at radius 1 is 1.05 bits per heavy atom. The van der Waals surface area contributed by atoms with Crippen LogP contribution in [0.25, 0.3) is 0 Å². The molecular weight excluding hydrogens is 351 g/mol. The first kappa shape index (κ1) is 14.1. The third kappa shape index (κ3) is 2.82. The van der Waals surface area contributed by atoms with Crippen LogP contribution in [0.3, 0.4) is 0 Å². The van der Waals surface area contributed by atoms with E-state index >= 15 is 0 Å². The van der Waals surface area contributed by atoms with Gasteiger partial charge in [-0.3, -0.25) is 0 Å². The summed E-state index contributed by atoms with van der Waals surface area (Å²) in [6.45, 7) is 0. The summed E-state index contributed by atoms with van der Waals surface area (Å²) in [7, 11) is 0. The maximum atomic E-state index is 13.4. The first-order valence-electron chi connectivity index (χ1n) is 4.81. The van der Waals surface area contributed by atoms with E-state index in [1.165, 1.54) is 12.3 Å². The predicted molar refractivity (Wildman–Crippen MR) is 66.5 cm³/mol. The minimum Gasteiger partial charge on any atom is -0.334 e. The Hall–Kier alpha value is -1.34. The molecule has 0 amide bonds. The van der Waals surface area contributed by atoms with Crippen molar-refractivity contribution in [3.63, 3.8) is 0 Å². The van der Waals surface area contributed by atoms with Crippen LogP contribution in [0.1, 0.15) is 0 Å². The monoisotopic (exact) mass is 354 g/mol. The van der Waals surface area contributed by atoms with Crippen molar-refractivity contribution in [2.24, 2.45) is 0 Å². The number of hydrogen-bond donors (Lipinski definition) is 1. The van der Waals surface area contributed by atoms with Gasteiger partial charge < -0.3 is 5.32 Å². The SMILES string of the molecule is Fc1cc(F)c(F)c(Nc2ncc(Br)cc2Cl)c1F. The van der Waals surface area contributed by atoms with E-state index in [4.69, 9.17) is 11.6 Å². The van der Waals surface area contributed by atoms with Gasteiger partial charge in [-0.15, -0.1) is 0 Å². The van der Waals surface area contributed by atoms with Crippen LogP contribution < -0.4 is 5.32 Å². The Bertz CT molecular complexity index is 625. The van der Waals surface area contributed by atoms with E-state index in [1.54, 1.807) is 0 Å². The van der Waals surface area contributed by atoms with Gasteiger partial charge in [0.2, 0.25) is 0 Å². The second-order valence-corrected chi connectivity index (χ2v) is 4.78. The molecule has 0 fully saturated rings. The van der Waals surface area contributed by atoms with Crippen LogP contribution in [0.5, 0.6) is 0 Å². The van der Waals surface area contributed by atoms with Crippen LogP contribution in [-0.2, 0) is 0 Å². The molecule has 0 aliphatic rings. The third-order valence-corrected chi connectivity index (χ3v) is 2.88. The minimum absolute atomic E-state index is 0.0258. The van der Waals surface area contributed by atoms with Crippen molar-refractivity contribution < 1.29 is 17.6 Å². The molecule has 0 unspecified atom stereocenters. The molecule has 2 rings (SSSR count). The molecule has 0 aliphatic heterocycles. The number of halogens is 6. The van der Waals surface area contributed by atoms with Crippen molar-refractivity contribution in [1.29, 1.82) is 0 Å². The number of aromatic nitrogens is 1. The standard InChI is InChI=1S/C11H4BrClF4N2/c12-4-1-5(13)11(18-3-4)19-10-8(16)6(14)2-7(15)9(10)17/h1-3H,(H,18,19). The summed E-state index contributed by atoms with van der Waals surface area (Å²) in [6.07, 6.45) is 1.31. The maximum Gasteiger partial charge on any atom is 0.185 e. The number of hydrogen-bond acceptors (Lipinski definition) is 2. The van der Waals surface area contributed by atoms with Gasteiger partial charge in [-0.05, 0) is 22.0 Å². The zero-order valence-corrected chi connectivity index (χ0v) is 11.3. The summed E-state index contributed by atoms with van der Waals surface area (Å²) in [4.78, 5) is 3.75. The van der Waals surface area contributed by atoms with Crippen molar-refractivity contribution in [3.05, 3.63) is 51.1 Å². The predicted octanol–water partition coefficient (Wildman–Crippen LogP) is 4.80. The van der Waals surface area contributed by atoms with Crippen molar-refractivity contribution in [2.75, 3.05) is 5.32 Å². The Kier molecular flexibility index (Phi) is 3.96. The minimum atomic E-state index is -1.56. The van der Waals surface area contributed by atoms with E-state index in [0.717, 1.165) is 0 Å². The molecule has 0 atom stereocenters. The van der Waals surface area contributed by atoms with Crippen LogP contribution in [0.15, 0.2) is 22.8 Å². The van der Waals surface area contributed by atoms with Crippen molar-refractivity contribution in [2.45, 2.75) is 0 Å². The largest absolute Gasteiger partial charge is 0.334 e. The average Bonchev–Trinajstić information content (AvgIpc) is 2.34. The zero-order chi connectivity index (χ0) is 14.2. The molecule has 100 valence electrons. The molecule has 1 aromatic heterocycles. The van der Waals surface area contributed by atoms with Gasteiger partial charge in [-0.2, -0.15) is 0 Å². The number of pyridine rings is 1. The highest BCUT2D eigenvalue weighted by molar-refractivity contribution is 9.10. The molecule has 0 radical (unpaired) electrons. The number of nitrogens with one attached hydrogen (secondary N) is 1. The van der Waals surface area contributed by atoms with Crippen LogP contribution in [0.2, 0.25) is 5.02 Å². The van der Waals surface area contributed by atoms with E-state index in [9.17, 15) is 17.6 Å². The van der Waals surface area contributed by atoms with Crippen molar-refractivity contribution in [3.8, 4) is 0 Å². The molecule has 0 bridgehead atoms. The van der Waals surface area contributed by atoms with Gasteiger partial charge in [0, 0.05) is 16.7 Å². The topological polar surface area (TPSA) is 24.9 Å². The van der Waals surface area contributed by atoms with Crippen LogP contribution in [0.4, 0.5) is 29.1 Å². The van der Waals surface area contributed by atoms with E-state index in [0.29, 0.717) is 4.47 Å². The van der Waals surface area contributed by atoms with E-state index in [-0.39, 0.29) is 16.9 Å².